The van der Waals surface area contributed by atoms with Crippen LogP contribution in [-0.4, -0.2) is 0 Å². The molecule has 0 saturated carbocycles. The van der Waals surface area contributed by atoms with Crippen molar-refractivity contribution >= 4 is 29.1 Å². The topological polar surface area (TPSA) is 0 Å². The molecule has 0 fully saturated rings. The molecule has 2 atom stereocenters. The van der Waals surface area contributed by atoms with Gasteiger partial charge in [0.25, 0.3) is 0 Å². The van der Waals surface area contributed by atoms with Gasteiger partial charge in [0.05, 0.1) is 0 Å². The largest absolute Gasteiger partial charge is 0.105 e. The fraction of sp³-hybridized carbons (Fsp3) is 0.556. The van der Waals surface area contributed by atoms with Gasteiger partial charge in [-0.2, -0.15) is 0 Å². The molecule has 0 bridgehead atoms. The first-order valence-corrected chi connectivity index (χ1v) is 11.6. The standard InChI is InChI=1S/2C13H21P.CH4/c1-7(2)12-8(3)10(5)13(14)11(6)9(12)4;1-7(2)12-10(5)8(3)9(4)11(6)13(12)14;/h2*7H,14H2,1-6H3;1H4. The quantitative estimate of drug-likeness (QED) is 0.426. The van der Waals surface area contributed by atoms with E-state index in [1.54, 1.807) is 0 Å². The van der Waals surface area contributed by atoms with Crippen molar-refractivity contribution < 1.29 is 0 Å². The maximum Gasteiger partial charge on any atom is -0.0210 e. The van der Waals surface area contributed by atoms with Crippen molar-refractivity contribution in [3.8, 4) is 0 Å². The molecule has 0 aliphatic heterocycles. The third-order valence-electron chi connectivity index (χ3n) is 6.68. The first-order valence-electron chi connectivity index (χ1n) is 10.5. The van der Waals surface area contributed by atoms with Gasteiger partial charge in [0.15, 0.2) is 0 Å². The first kappa shape index (κ1) is 28.3. The van der Waals surface area contributed by atoms with Gasteiger partial charge in [-0.25, -0.2) is 0 Å². The van der Waals surface area contributed by atoms with E-state index in [2.05, 4.69) is 102 Å². The summed E-state index contributed by atoms with van der Waals surface area (Å²) in [5.41, 5.74) is 14.6. The lowest BCUT2D eigenvalue weighted by atomic mass is 9.88. The van der Waals surface area contributed by atoms with Crippen LogP contribution in [0, 0.1) is 55.4 Å². The highest BCUT2D eigenvalue weighted by molar-refractivity contribution is 7.28. The van der Waals surface area contributed by atoms with E-state index >= 15 is 0 Å². The van der Waals surface area contributed by atoms with Gasteiger partial charge in [-0.15, -0.1) is 18.5 Å². The maximum atomic E-state index is 2.90. The van der Waals surface area contributed by atoms with Crippen LogP contribution >= 0.6 is 18.5 Å². The number of benzene rings is 2. The second-order valence-corrected chi connectivity index (χ2v) is 10.1. The van der Waals surface area contributed by atoms with Crippen molar-refractivity contribution in [2.24, 2.45) is 0 Å². The molecule has 0 spiro atoms. The monoisotopic (exact) mass is 432 g/mol. The maximum absolute atomic E-state index is 2.90. The number of hydrogen-bond donors (Lipinski definition) is 0. The molecule has 0 N–H and O–H groups in total. The third kappa shape index (κ3) is 5.71. The lowest BCUT2D eigenvalue weighted by Crippen LogP contribution is -2.14. The Labute approximate surface area is 187 Å². The molecular weight excluding hydrogens is 386 g/mol. The molecule has 2 rings (SSSR count). The van der Waals surface area contributed by atoms with Crippen LogP contribution in [0.3, 0.4) is 0 Å². The van der Waals surface area contributed by atoms with Gasteiger partial charge >= 0.3 is 0 Å². The molecule has 0 aliphatic rings. The molecule has 2 unspecified atom stereocenters. The van der Waals surface area contributed by atoms with Crippen molar-refractivity contribution in [2.75, 3.05) is 0 Å². The van der Waals surface area contributed by atoms with E-state index in [1.807, 2.05) is 0 Å². The summed E-state index contributed by atoms with van der Waals surface area (Å²) in [6, 6.07) is 0. The van der Waals surface area contributed by atoms with Crippen molar-refractivity contribution in [3.63, 3.8) is 0 Å². The predicted molar refractivity (Wildman–Crippen MR) is 144 cm³/mol. The van der Waals surface area contributed by atoms with E-state index in [4.69, 9.17) is 0 Å². The van der Waals surface area contributed by atoms with E-state index in [-0.39, 0.29) is 7.43 Å². The van der Waals surface area contributed by atoms with Crippen molar-refractivity contribution in [1.82, 2.24) is 0 Å². The first-order chi connectivity index (χ1) is 12.7. The van der Waals surface area contributed by atoms with E-state index in [0.717, 1.165) is 0 Å². The van der Waals surface area contributed by atoms with E-state index in [9.17, 15) is 0 Å². The van der Waals surface area contributed by atoms with Crippen LogP contribution in [0.1, 0.15) is 103 Å². The van der Waals surface area contributed by atoms with E-state index < -0.39 is 0 Å². The van der Waals surface area contributed by atoms with Gasteiger partial charge in [-0.3, -0.25) is 0 Å². The molecular formula is C27H46P2. The van der Waals surface area contributed by atoms with Crippen LogP contribution in [0.25, 0.3) is 0 Å². The molecule has 2 aromatic rings. The Bertz CT molecular complexity index is 740. The molecule has 0 aliphatic carbocycles. The fourth-order valence-corrected chi connectivity index (χ4v) is 5.55. The highest BCUT2D eigenvalue weighted by atomic mass is 31.0. The van der Waals surface area contributed by atoms with Gasteiger partial charge in [-0.1, -0.05) is 35.1 Å². The van der Waals surface area contributed by atoms with Gasteiger partial charge in [-0.05, 0) is 133 Å². The summed E-state index contributed by atoms with van der Waals surface area (Å²) in [4.78, 5) is 0. The molecule has 164 valence electrons. The molecule has 0 aromatic heterocycles. The highest BCUT2D eigenvalue weighted by Gasteiger charge is 2.15. The predicted octanol–water partition coefficient (Wildman–Crippen LogP) is 7.72. The highest BCUT2D eigenvalue weighted by Crippen LogP contribution is 2.28. The Hall–Kier alpha value is -0.700. The zero-order valence-corrected chi connectivity index (χ0v) is 22.6. The van der Waals surface area contributed by atoms with Crippen molar-refractivity contribution in [1.29, 1.82) is 0 Å². The SMILES string of the molecule is C.Cc1c(C)c(C(C)C)c(C)c(C)c1P.Cc1c(C)c(C)c(C(C)C)c(P)c1C. The summed E-state index contributed by atoms with van der Waals surface area (Å²) < 4.78 is 0. The Morgan fingerprint density at radius 1 is 0.414 bits per heavy atom. The summed E-state index contributed by atoms with van der Waals surface area (Å²) in [6.07, 6.45) is 0. The van der Waals surface area contributed by atoms with E-state index in [1.165, 1.54) is 66.2 Å². The van der Waals surface area contributed by atoms with Crippen LogP contribution in [0.4, 0.5) is 0 Å². The Morgan fingerprint density at radius 3 is 1.03 bits per heavy atom. The summed E-state index contributed by atoms with van der Waals surface area (Å²) in [5, 5.41) is 2.78. The lowest BCUT2D eigenvalue weighted by Gasteiger charge is -2.20. The van der Waals surface area contributed by atoms with Gasteiger partial charge in [0.1, 0.15) is 0 Å². The molecule has 0 saturated heterocycles. The van der Waals surface area contributed by atoms with Gasteiger partial charge < -0.3 is 0 Å². The molecule has 0 nitrogen and oxygen atoms in total. The number of hydrogen-bond acceptors (Lipinski definition) is 0. The average molecular weight is 433 g/mol. The normalized spacial score (nSPS) is 10.8. The van der Waals surface area contributed by atoms with Gasteiger partial charge in [0, 0.05) is 0 Å². The molecule has 0 amide bonds. The minimum atomic E-state index is 0. The van der Waals surface area contributed by atoms with Crippen LogP contribution in [0.2, 0.25) is 0 Å². The minimum Gasteiger partial charge on any atom is -0.105 e. The van der Waals surface area contributed by atoms with Crippen molar-refractivity contribution in [3.05, 3.63) is 55.6 Å². The lowest BCUT2D eigenvalue weighted by molar-refractivity contribution is 0.841. The summed E-state index contributed by atoms with van der Waals surface area (Å²) in [5.74, 6) is 1.23. The molecule has 0 radical (unpaired) electrons. The second kappa shape index (κ2) is 11.1. The zero-order chi connectivity index (χ0) is 22.1. The average Bonchev–Trinajstić information content (AvgIpc) is 2.61. The summed E-state index contributed by atoms with van der Waals surface area (Å²) in [6.45, 7) is 26.9. The van der Waals surface area contributed by atoms with Crippen LogP contribution < -0.4 is 10.6 Å². The summed E-state index contributed by atoms with van der Waals surface area (Å²) >= 11 is 0. The molecule has 2 heteroatoms. The summed E-state index contributed by atoms with van der Waals surface area (Å²) in [7, 11) is 5.77. The Kier molecular flexibility index (Phi) is 10.8. The Balaban J connectivity index is 0.000000523. The molecule has 29 heavy (non-hydrogen) atoms. The second-order valence-electron chi connectivity index (χ2n) is 8.96. The van der Waals surface area contributed by atoms with Crippen LogP contribution in [0.15, 0.2) is 0 Å². The Morgan fingerprint density at radius 2 is 0.690 bits per heavy atom. The number of rotatable bonds is 2. The van der Waals surface area contributed by atoms with E-state index in [0.29, 0.717) is 11.8 Å². The van der Waals surface area contributed by atoms with Crippen LogP contribution in [0.5, 0.6) is 0 Å². The molecule has 0 heterocycles. The van der Waals surface area contributed by atoms with Crippen LogP contribution in [-0.2, 0) is 0 Å². The third-order valence-corrected chi connectivity index (χ3v) is 8.29. The fourth-order valence-electron chi connectivity index (χ4n) is 4.35. The zero-order valence-electron chi connectivity index (χ0n) is 20.3. The minimum absolute atomic E-state index is 0. The van der Waals surface area contributed by atoms with Gasteiger partial charge in [0.2, 0.25) is 0 Å². The van der Waals surface area contributed by atoms with Crippen molar-refractivity contribution in [2.45, 2.75) is 102 Å². The molecule has 2 aromatic carbocycles. The smallest absolute Gasteiger partial charge is 0.0210 e.